The first-order valence-corrected chi connectivity index (χ1v) is 6.26. The van der Waals surface area contributed by atoms with Gasteiger partial charge in [-0.1, -0.05) is 11.9 Å². The van der Waals surface area contributed by atoms with Crippen LogP contribution < -0.4 is 10.5 Å². The van der Waals surface area contributed by atoms with Gasteiger partial charge in [-0.2, -0.15) is 0 Å². The molecule has 1 atom stereocenters. The third-order valence-electron chi connectivity index (χ3n) is 2.74. The molecule has 1 heterocycles. The molecule has 1 aliphatic heterocycles. The van der Waals surface area contributed by atoms with Crippen molar-refractivity contribution in [3.8, 4) is 0 Å². The Labute approximate surface area is 97.7 Å². The fourth-order valence-corrected chi connectivity index (χ4v) is 2.75. The lowest BCUT2D eigenvalue weighted by molar-refractivity contribution is 0.506. The maximum atomic E-state index is 13.7. The summed E-state index contributed by atoms with van der Waals surface area (Å²) in [7, 11) is 0. The maximum absolute atomic E-state index is 13.7. The molecule has 16 heavy (non-hydrogen) atoms. The Balaban J connectivity index is 2.31. The van der Waals surface area contributed by atoms with Gasteiger partial charge in [-0.3, -0.25) is 4.72 Å². The smallest absolute Gasteiger partial charge is 0.131 e. The quantitative estimate of drug-likeness (QED) is 0.589. The molecule has 88 valence electrons. The topological polar surface area (TPSA) is 38.0 Å². The van der Waals surface area contributed by atoms with Crippen LogP contribution in [0.4, 0.5) is 14.5 Å². The highest BCUT2D eigenvalue weighted by molar-refractivity contribution is 7.97. The largest absolute Gasteiger partial charge is 0.399 e. The number of hydrogen-bond donors (Lipinski definition) is 2. The Kier molecular flexibility index (Phi) is 3.66. The van der Waals surface area contributed by atoms with Crippen molar-refractivity contribution in [2.24, 2.45) is 0 Å². The maximum Gasteiger partial charge on any atom is 0.131 e. The summed E-state index contributed by atoms with van der Waals surface area (Å²) in [6, 6.07) is 2.38. The molecule has 1 unspecified atom stereocenters. The summed E-state index contributed by atoms with van der Waals surface area (Å²) in [5.41, 5.74) is 5.69. The van der Waals surface area contributed by atoms with Crippen molar-refractivity contribution in [3.05, 3.63) is 29.3 Å². The van der Waals surface area contributed by atoms with Crippen molar-refractivity contribution < 1.29 is 8.78 Å². The van der Waals surface area contributed by atoms with Crippen LogP contribution in [0.1, 0.15) is 24.3 Å². The molecule has 0 aliphatic carbocycles. The minimum absolute atomic E-state index is 0.101. The van der Waals surface area contributed by atoms with Gasteiger partial charge >= 0.3 is 0 Å². The summed E-state index contributed by atoms with van der Waals surface area (Å²) in [5, 5.41) is 0. The first-order valence-electron chi connectivity index (χ1n) is 5.27. The predicted molar refractivity (Wildman–Crippen MR) is 63.2 cm³/mol. The fraction of sp³-hybridized carbons (Fsp3) is 0.455. The number of hydrogen-bond acceptors (Lipinski definition) is 3. The van der Waals surface area contributed by atoms with Crippen LogP contribution in [0.15, 0.2) is 12.1 Å². The summed E-state index contributed by atoms with van der Waals surface area (Å²) in [6.07, 6.45) is 1.77. The van der Waals surface area contributed by atoms with Crippen LogP contribution in [0.3, 0.4) is 0 Å². The van der Waals surface area contributed by atoms with E-state index >= 15 is 0 Å². The average Bonchev–Trinajstić information content (AvgIpc) is 2.44. The van der Waals surface area contributed by atoms with Crippen LogP contribution in [0.5, 0.6) is 0 Å². The van der Waals surface area contributed by atoms with Crippen LogP contribution in [0.2, 0.25) is 0 Å². The molecular weight excluding hydrogens is 230 g/mol. The number of nitrogen functional groups attached to an aromatic ring is 1. The van der Waals surface area contributed by atoms with Crippen molar-refractivity contribution >= 4 is 17.6 Å². The molecule has 1 fully saturated rings. The van der Waals surface area contributed by atoms with E-state index in [-0.39, 0.29) is 17.2 Å². The van der Waals surface area contributed by atoms with E-state index in [1.54, 1.807) is 11.9 Å². The Morgan fingerprint density at radius 2 is 2.00 bits per heavy atom. The molecule has 2 nitrogen and oxygen atoms in total. The molecule has 1 aromatic rings. The molecule has 0 radical (unpaired) electrons. The second-order valence-corrected chi connectivity index (χ2v) is 4.92. The lowest BCUT2D eigenvalue weighted by atomic mass is 9.93. The average molecular weight is 244 g/mol. The Bertz CT molecular complexity index is 353. The second kappa shape index (κ2) is 5.01. The molecule has 2 rings (SSSR count). The first-order chi connectivity index (χ1) is 7.68. The second-order valence-electron chi connectivity index (χ2n) is 3.93. The SMILES string of the molecule is Nc1cc(F)c(C2CCCSNC2)c(F)c1. The predicted octanol–water partition coefficient (Wildman–Crippen LogP) is 2.66. The van der Waals surface area contributed by atoms with E-state index in [0.717, 1.165) is 18.6 Å². The standard InChI is InChI=1S/C11H14F2N2S/c12-9-4-8(14)5-10(13)11(9)7-2-1-3-16-15-6-7/h4-5,7,15H,1-3,6,14H2. The Morgan fingerprint density at radius 1 is 1.31 bits per heavy atom. The van der Waals surface area contributed by atoms with Gasteiger partial charge in [-0.05, 0) is 25.0 Å². The zero-order chi connectivity index (χ0) is 11.5. The van der Waals surface area contributed by atoms with E-state index in [0.29, 0.717) is 6.54 Å². The summed E-state index contributed by atoms with van der Waals surface area (Å²) >= 11 is 1.61. The summed E-state index contributed by atoms with van der Waals surface area (Å²) < 4.78 is 30.5. The monoisotopic (exact) mass is 244 g/mol. The highest BCUT2D eigenvalue weighted by Crippen LogP contribution is 2.30. The van der Waals surface area contributed by atoms with Gasteiger partial charge < -0.3 is 5.73 Å². The molecule has 5 heteroatoms. The van der Waals surface area contributed by atoms with E-state index in [2.05, 4.69) is 4.72 Å². The van der Waals surface area contributed by atoms with Crippen LogP contribution in [0.25, 0.3) is 0 Å². The number of nitrogens with one attached hydrogen (secondary N) is 1. The highest BCUT2D eigenvalue weighted by atomic mass is 32.2. The molecule has 3 N–H and O–H groups in total. The van der Waals surface area contributed by atoms with Gasteiger partial charge in [-0.25, -0.2) is 8.78 Å². The third-order valence-corrected chi connectivity index (χ3v) is 3.60. The van der Waals surface area contributed by atoms with Crippen LogP contribution >= 0.6 is 11.9 Å². The van der Waals surface area contributed by atoms with Crippen molar-refractivity contribution in [2.75, 3.05) is 18.0 Å². The van der Waals surface area contributed by atoms with E-state index in [1.807, 2.05) is 0 Å². The summed E-state index contributed by atoms with van der Waals surface area (Å²) in [4.78, 5) is 0. The first kappa shape index (κ1) is 11.7. The Morgan fingerprint density at radius 3 is 2.69 bits per heavy atom. The van der Waals surface area contributed by atoms with E-state index in [9.17, 15) is 8.78 Å². The zero-order valence-corrected chi connectivity index (χ0v) is 9.62. The molecule has 0 aromatic heterocycles. The van der Waals surface area contributed by atoms with Gasteiger partial charge in [-0.15, -0.1) is 0 Å². The van der Waals surface area contributed by atoms with Gasteiger partial charge in [0, 0.05) is 29.5 Å². The van der Waals surface area contributed by atoms with Crippen LogP contribution in [-0.2, 0) is 0 Å². The summed E-state index contributed by atoms with van der Waals surface area (Å²) in [5.74, 6) is -0.183. The van der Waals surface area contributed by atoms with Crippen molar-refractivity contribution in [1.82, 2.24) is 4.72 Å². The fourth-order valence-electron chi connectivity index (χ4n) is 1.98. The zero-order valence-electron chi connectivity index (χ0n) is 8.80. The third kappa shape index (κ3) is 2.47. The van der Waals surface area contributed by atoms with E-state index in [4.69, 9.17) is 5.73 Å². The molecule has 1 aliphatic rings. The molecule has 0 bridgehead atoms. The van der Waals surface area contributed by atoms with Crippen LogP contribution in [-0.4, -0.2) is 12.3 Å². The number of benzene rings is 1. The van der Waals surface area contributed by atoms with Gasteiger partial charge in [0.1, 0.15) is 11.6 Å². The van der Waals surface area contributed by atoms with Crippen molar-refractivity contribution in [3.63, 3.8) is 0 Å². The lowest BCUT2D eigenvalue weighted by Gasteiger charge is -2.16. The van der Waals surface area contributed by atoms with Gasteiger partial charge in [0.15, 0.2) is 0 Å². The lowest BCUT2D eigenvalue weighted by Crippen LogP contribution is -2.16. The molecule has 1 aromatic carbocycles. The van der Waals surface area contributed by atoms with Gasteiger partial charge in [0.25, 0.3) is 0 Å². The van der Waals surface area contributed by atoms with E-state index in [1.165, 1.54) is 12.1 Å². The number of nitrogens with two attached hydrogens (primary N) is 1. The molecular formula is C11H14F2N2S. The normalized spacial score (nSPS) is 21.8. The highest BCUT2D eigenvalue weighted by Gasteiger charge is 2.22. The number of halogens is 2. The van der Waals surface area contributed by atoms with E-state index < -0.39 is 11.6 Å². The number of rotatable bonds is 1. The minimum Gasteiger partial charge on any atom is -0.399 e. The van der Waals surface area contributed by atoms with Crippen LogP contribution in [0, 0.1) is 11.6 Å². The molecule has 0 amide bonds. The molecule has 0 saturated carbocycles. The van der Waals surface area contributed by atoms with Gasteiger partial charge in [0.2, 0.25) is 0 Å². The molecule has 1 saturated heterocycles. The Hall–Kier alpha value is -0.810. The minimum atomic E-state index is -0.531. The molecule has 0 spiro atoms. The van der Waals surface area contributed by atoms with Crippen molar-refractivity contribution in [1.29, 1.82) is 0 Å². The van der Waals surface area contributed by atoms with Gasteiger partial charge in [0.05, 0.1) is 0 Å². The number of anilines is 1. The van der Waals surface area contributed by atoms with Crippen molar-refractivity contribution in [2.45, 2.75) is 18.8 Å². The summed E-state index contributed by atoms with van der Waals surface area (Å²) in [6.45, 7) is 0.600.